The van der Waals surface area contributed by atoms with Crippen LogP contribution in [0.3, 0.4) is 0 Å². The molecular weight excluding hydrogens is 245 g/mol. The van der Waals surface area contributed by atoms with Crippen LogP contribution in [0.2, 0.25) is 5.15 Å². The Balaban J connectivity index is 2.91. The van der Waals surface area contributed by atoms with E-state index in [1.807, 2.05) is 0 Å². The fraction of sp³-hybridized carbons (Fsp3) is 0.375. The van der Waals surface area contributed by atoms with Gasteiger partial charge in [-0.3, -0.25) is 4.40 Å². The average Bonchev–Trinajstić information content (AvgIpc) is 2.58. The predicted octanol–water partition coefficient (Wildman–Crippen LogP) is 2.41. The highest BCUT2D eigenvalue weighted by atomic mass is 35.5. The molecule has 0 radical (unpaired) electrons. The summed E-state index contributed by atoms with van der Waals surface area (Å²) >= 11 is 5.70. The molecule has 0 aromatic carbocycles. The second-order valence-corrected chi connectivity index (χ2v) is 3.61. The summed E-state index contributed by atoms with van der Waals surface area (Å²) in [5, 5.41) is 6.39. The van der Waals surface area contributed by atoms with E-state index in [1.165, 1.54) is 6.92 Å². The number of hydrogen-bond acceptors (Lipinski definition) is 3. The molecule has 16 heavy (non-hydrogen) atoms. The Bertz CT molecular complexity index is 560. The highest BCUT2D eigenvalue weighted by molar-refractivity contribution is 6.32. The van der Waals surface area contributed by atoms with Crippen LogP contribution in [-0.4, -0.2) is 19.6 Å². The van der Waals surface area contributed by atoms with Gasteiger partial charge in [-0.1, -0.05) is 11.6 Å². The molecule has 0 saturated carbocycles. The van der Waals surface area contributed by atoms with Gasteiger partial charge in [0.05, 0.1) is 5.69 Å². The maximum Gasteiger partial charge on any atom is 0.452 e. The zero-order chi connectivity index (χ0) is 12.1. The van der Waals surface area contributed by atoms with Crippen LogP contribution in [0.4, 0.5) is 13.2 Å². The lowest BCUT2D eigenvalue weighted by Crippen LogP contribution is -2.13. The quantitative estimate of drug-likeness (QED) is 0.721. The minimum absolute atomic E-state index is 0.0860. The molecule has 0 unspecified atom stereocenters. The van der Waals surface area contributed by atoms with Crippen molar-refractivity contribution in [1.29, 1.82) is 0 Å². The second kappa shape index (κ2) is 3.31. The number of hydrogen-bond donors (Lipinski definition) is 0. The van der Waals surface area contributed by atoms with Crippen LogP contribution in [0.25, 0.3) is 5.65 Å². The van der Waals surface area contributed by atoms with Crippen molar-refractivity contribution in [3.8, 4) is 0 Å². The molecule has 0 spiro atoms. The Morgan fingerprint density at radius 1 is 1.19 bits per heavy atom. The van der Waals surface area contributed by atoms with Crippen molar-refractivity contribution in [2.45, 2.75) is 20.0 Å². The van der Waals surface area contributed by atoms with Crippen LogP contribution in [0.15, 0.2) is 0 Å². The van der Waals surface area contributed by atoms with Crippen molar-refractivity contribution in [3.63, 3.8) is 0 Å². The van der Waals surface area contributed by atoms with Gasteiger partial charge in [-0.2, -0.15) is 13.2 Å². The van der Waals surface area contributed by atoms with Crippen molar-refractivity contribution in [2.75, 3.05) is 0 Å². The van der Waals surface area contributed by atoms with Crippen molar-refractivity contribution < 1.29 is 13.2 Å². The molecule has 0 bridgehead atoms. The number of nitrogens with zero attached hydrogens (tertiary/aromatic N) is 4. The summed E-state index contributed by atoms with van der Waals surface area (Å²) < 4.78 is 38.7. The molecule has 2 aromatic rings. The van der Waals surface area contributed by atoms with Crippen LogP contribution in [0.5, 0.6) is 0 Å². The maximum absolute atomic E-state index is 12.6. The van der Waals surface area contributed by atoms with Gasteiger partial charge in [-0.05, 0) is 13.8 Å². The fourth-order valence-corrected chi connectivity index (χ4v) is 1.61. The fourth-order valence-electron chi connectivity index (χ4n) is 1.36. The van der Waals surface area contributed by atoms with E-state index in [4.69, 9.17) is 11.6 Å². The molecule has 0 aliphatic heterocycles. The minimum Gasteiger partial charge on any atom is -0.272 e. The number of aromatic nitrogens is 4. The Morgan fingerprint density at radius 2 is 1.81 bits per heavy atom. The molecule has 0 aliphatic rings. The van der Waals surface area contributed by atoms with E-state index in [1.54, 1.807) is 6.92 Å². The number of aryl methyl sites for hydroxylation is 2. The third-order valence-corrected chi connectivity index (χ3v) is 2.48. The molecule has 2 aromatic heterocycles. The number of alkyl halides is 3. The van der Waals surface area contributed by atoms with Crippen molar-refractivity contribution >= 4 is 17.2 Å². The van der Waals surface area contributed by atoms with E-state index in [-0.39, 0.29) is 10.8 Å². The number of rotatable bonds is 0. The maximum atomic E-state index is 12.6. The molecule has 8 heteroatoms. The second-order valence-electron chi connectivity index (χ2n) is 3.25. The van der Waals surface area contributed by atoms with Crippen LogP contribution in [0.1, 0.15) is 17.2 Å². The number of halogens is 4. The first-order valence-electron chi connectivity index (χ1n) is 4.27. The molecule has 0 fully saturated rings. The zero-order valence-corrected chi connectivity index (χ0v) is 9.06. The SMILES string of the molecule is Cc1nc(Cl)c2nnc(C(F)(F)F)n2c1C. The van der Waals surface area contributed by atoms with Gasteiger partial charge in [0.1, 0.15) is 0 Å². The Hall–Kier alpha value is -1.37. The first-order valence-corrected chi connectivity index (χ1v) is 4.65. The van der Waals surface area contributed by atoms with Gasteiger partial charge in [-0.25, -0.2) is 4.98 Å². The summed E-state index contributed by atoms with van der Waals surface area (Å²) in [5.41, 5.74) is 0.636. The van der Waals surface area contributed by atoms with Crippen LogP contribution < -0.4 is 0 Å². The molecule has 2 rings (SSSR count). The lowest BCUT2D eigenvalue weighted by molar-refractivity contribution is -0.145. The molecule has 0 aliphatic carbocycles. The normalized spacial score (nSPS) is 12.4. The first kappa shape index (κ1) is 11.1. The summed E-state index contributed by atoms with van der Waals surface area (Å²) in [6, 6.07) is 0. The molecule has 4 nitrogen and oxygen atoms in total. The van der Waals surface area contributed by atoms with Gasteiger partial charge in [-0.15, -0.1) is 10.2 Å². The topological polar surface area (TPSA) is 43.1 Å². The third-order valence-electron chi connectivity index (χ3n) is 2.23. The summed E-state index contributed by atoms with van der Waals surface area (Å²) in [4.78, 5) is 3.87. The number of fused-ring (bicyclic) bond motifs is 1. The van der Waals surface area contributed by atoms with E-state index in [0.29, 0.717) is 11.4 Å². The smallest absolute Gasteiger partial charge is 0.272 e. The van der Waals surface area contributed by atoms with Crippen molar-refractivity contribution in [2.24, 2.45) is 0 Å². The standard InChI is InChI=1S/C8H6ClF3N4/c1-3-4(2)16-6(5(9)13-3)14-15-7(16)8(10,11)12/h1-2H3. The average molecular weight is 251 g/mol. The summed E-state index contributed by atoms with van der Waals surface area (Å²) in [7, 11) is 0. The first-order chi connectivity index (χ1) is 7.32. The Morgan fingerprint density at radius 3 is 2.38 bits per heavy atom. The Kier molecular flexibility index (Phi) is 2.30. The molecule has 0 saturated heterocycles. The van der Waals surface area contributed by atoms with Gasteiger partial charge >= 0.3 is 6.18 Å². The summed E-state index contributed by atoms with van der Waals surface area (Å²) in [5.74, 6) is -1.09. The molecule has 0 amide bonds. The van der Waals surface area contributed by atoms with Crippen molar-refractivity contribution in [1.82, 2.24) is 19.6 Å². The molecular formula is C8H6ClF3N4. The van der Waals surface area contributed by atoms with Gasteiger partial charge in [0.15, 0.2) is 10.8 Å². The largest absolute Gasteiger partial charge is 0.452 e. The molecule has 0 N–H and O–H groups in total. The van der Waals surface area contributed by atoms with Crippen LogP contribution >= 0.6 is 11.6 Å². The minimum atomic E-state index is -4.57. The molecule has 0 atom stereocenters. The third kappa shape index (κ3) is 1.51. The van der Waals surface area contributed by atoms with Gasteiger partial charge in [0.2, 0.25) is 5.82 Å². The monoisotopic (exact) mass is 250 g/mol. The Labute approximate surface area is 93.1 Å². The van der Waals surface area contributed by atoms with E-state index < -0.39 is 12.0 Å². The summed E-state index contributed by atoms with van der Waals surface area (Å²) in [6.45, 7) is 3.07. The van der Waals surface area contributed by atoms with Crippen molar-refractivity contribution in [3.05, 3.63) is 22.4 Å². The van der Waals surface area contributed by atoms with Gasteiger partial charge in [0, 0.05) is 5.69 Å². The summed E-state index contributed by atoms with van der Waals surface area (Å²) in [6.07, 6.45) is -4.57. The molecule has 86 valence electrons. The highest BCUT2D eigenvalue weighted by Gasteiger charge is 2.38. The van der Waals surface area contributed by atoms with Gasteiger partial charge < -0.3 is 0 Å². The van der Waals surface area contributed by atoms with Crippen LogP contribution in [0, 0.1) is 13.8 Å². The lowest BCUT2D eigenvalue weighted by Gasteiger charge is -2.08. The lowest BCUT2D eigenvalue weighted by atomic mass is 10.3. The van der Waals surface area contributed by atoms with E-state index >= 15 is 0 Å². The van der Waals surface area contributed by atoms with E-state index in [9.17, 15) is 13.2 Å². The zero-order valence-electron chi connectivity index (χ0n) is 8.30. The van der Waals surface area contributed by atoms with E-state index in [0.717, 1.165) is 4.40 Å². The van der Waals surface area contributed by atoms with Gasteiger partial charge in [0.25, 0.3) is 0 Å². The molecule has 2 heterocycles. The van der Waals surface area contributed by atoms with E-state index in [2.05, 4.69) is 15.2 Å². The predicted molar refractivity (Wildman–Crippen MR) is 50.3 cm³/mol. The highest BCUT2D eigenvalue weighted by Crippen LogP contribution is 2.30. The van der Waals surface area contributed by atoms with Crippen LogP contribution in [-0.2, 0) is 6.18 Å².